The van der Waals surface area contributed by atoms with E-state index in [9.17, 15) is 4.79 Å². The van der Waals surface area contributed by atoms with E-state index in [0.29, 0.717) is 25.2 Å². The fourth-order valence-corrected chi connectivity index (χ4v) is 5.28. The van der Waals surface area contributed by atoms with Crippen LogP contribution in [0.5, 0.6) is 0 Å². The maximum atomic E-state index is 10.8. The Morgan fingerprint density at radius 2 is 1.71 bits per heavy atom. The molecule has 8 heteroatoms. The number of hydrogen-bond donors (Lipinski definition) is 6. The Balaban J connectivity index is 0.000000428. The molecule has 0 saturated carbocycles. The van der Waals surface area contributed by atoms with Crippen molar-refractivity contribution in [1.82, 2.24) is 20.2 Å². The molecule has 2 heterocycles. The summed E-state index contributed by atoms with van der Waals surface area (Å²) in [4.78, 5) is 18.9. The third-order valence-electron chi connectivity index (χ3n) is 7.94. The molecule has 0 saturated heterocycles. The predicted molar refractivity (Wildman–Crippen MR) is 211 cm³/mol. The van der Waals surface area contributed by atoms with Gasteiger partial charge in [-0.05, 0) is 85.7 Å². The van der Waals surface area contributed by atoms with Crippen molar-refractivity contribution in [3.63, 3.8) is 0 Å². The molecule has 7 N–H and O–H groups in total. The number of carbonyl (C=O) groups is 1. The first-order valence-electron chi connectivity index (χ1n) is 16.9. The number of benzene rings is 2. The van der Waals surface area contributed by atoms with Gasteiger partial charge in [0, 0.05) is 35.8 Å². The molecular formula is C41H55N7O. The number of allylic oxidation sites excluding steroid dienone is 3. The van der Waals surface area contributed by atoms with E-state index in [1.807, 2.05) is 74.8 Å². The minimum Gasteiger partial charge on any atom is -0.364 e. The first-order chi connectivity index (χ1) is 23.8. The van der Waals surface area contributed by atoms with Crippen LogP contribution in [-0.4, -0.2) is 46.0 Å². The maximum Gasteiger partial charge on any atom is 0.207 e. The number of aromatic nitrogens is 2. The van der Waals surface area contributed by atoms with E-state index in [0.717, 1.165) is 52.7 Å². The average Bonchev–Trinajstić information content (AvgIpc) is 3.65. The van der Waals surface area contributed by atoms with E-state index in [1.54, 1.807) is 11.0 Å². The minimum atomic E-state index is 0.0874. The van der Waals surface area contributed by atoms with Crippen LogP contribution in [0.2, 0.25) is 0 Å². The Morgan fingerprint density at radius 3 is 2.37 bits per heavy atom. The lowest BCUT2D eigenvalue weighted by atomic mass is 10.0. The number of nitrogens with zero attached hydrogens (tertiary/aromatic N) is 1. The molecule has 0 bridgehead atoms. The molecule has 2 aromatic carbocycles. The van der Waals surface area contributed by atoms with Crippen LogP contribution >= 0.6 is 0 Å². The molecule has 260 valence electrons. The standard InChI is InChI=1S/C27H31N5O.C10H13N.C4H11N/c1-3-4-13-24-20(2)31-16-22(24)11-8-15-26(28)32(27(29)17-30-19-33)18-23-12-7-10-21-9-5-6-14-25(21)23;1-4-6-9-8(3)7-11-10(9)5-2;1-2-3-4-5/h3-7,9-10,12-14,16,19,28-29,31H,1,8,11,15,17-18H2,2H3,(H,30,33);4-7,11H,2H2,1,3H3;2-5H2,1H3/b13-4-,28-26?,29-27?;6-4-;. The van der Waals surface area contributed by atoms with Crippen LogP contribution in [0.4, 0.5) is 0 Å². The molecule has 0 atom stereocenters. The summed E-state index contributed by atoms with van der Waals surface area (Å²) >= 11 is 0. The van der Waals surface area contributed by atoms with Gasteiger partial charge in [-0.25, -0.2) is 0 Å². The van der Waals surface area contributed by atoms with Crippen LogP contribution < -0.4 is 11.1 Å². The largest absolute Gasteiger partial charge is 0.364 e. The number of aromatic amines is 2. The summed E-state index contributed by atoms with van der Waals surface area (Å²) in [5, 5.41) is 22.0. The lowest BCUT2D eigenvalue weighted by molar-refractivity contribution is -0.109. The third-order valence-corrected chi connectivity index (χ3v) is 7.94. The summed E-state index contributed by atoms with van der Waals surface area (Å²) in [7, 11) is 0. The van der Waals surface area contributed by atoms with E-state index in [1.165, 1.54) is 29.5 Å². The van der Waals surface area contributed by atoms with Crippen molar-refractivity contribution in [3.8, 4) is 0 Å². The van der Waals surface area contributed by atoms with Crippen LogP contribution in [0, 0.1) is 24.7 Å². The molecule has 0 unspecified atom stereocenters. The number of rotatable bonds is 15. The number of amidine groups is 2. The summed E-state index contributed by atoms with van der Waals surface area (Å²) in [6, 6.07) is 14.2. The quantitative estimate of drug-likeness (QED) is 0.0328. The van der Waals surface area contributed by atoms with Crippen molar-refractivity contribution in [3.05, 3.63) is 125 Å². The Bertz CT molecular complexity index is 1700. The molecule has 49 heavy (non-hydrogen) atoms. The number of nitrogens with one attached hydrogen (secondary N) is 5. The van der Waals surface area contributed by atoms with Crippen LogP contribution in [-0.2, 0) is 17.8 Å². The van der Waals surface area contributed by atoms with Gasteiger partial charge in [-0.1, -0.05) is 99.3 Å². The summed E-state index contributed by atoms with van der Waals surface area (Å²) < 4.78 is 0. The van der Waals surface area contributed by atoms with Crippen molar-refractivity contribution in [2.24, 2.45) is 5.73 Å². The fourth-order valence-electron chi connectivity index (χ4n) is 5.28. The Morgan fingerprint density at radius 1 is 0.959 bits per heavy atom. The topological polar surface area (TPSA) is 138 Å². The number of aryl methyl sites for hydroxylation is 3. The number of H-pyrrole nitrogens is 2. The van der Waals surface area contributed by atoms with Gasteiger partial charge in [0.2, 0.25) is 6.41 Å². The van der Waals surface area contributed by atoms with Crippen LogP contribution in [0.1, 0.15) is 78.7 Å². The highest BCUT2D eigenvalue weighted by atomic mass is 16.1. The second kappa shape index (κ2) is 22.4. The van der Waals surface area contributed by atoms with Crippen molar-refractivity contribution in [2.75, 3.05) is 13.1 Å². The first kappa shape index (κ1) is 40.0. The van der Waals surface area contributed by atoms with Gasteiger partial charge in [0.15, 0.2) is 0 Å². The van der Waals surface area contributed by atoms with Crippen molar-refractivity contribution >= 4 is 47.1 Å². The van der Waals surface area contributed by atoms with Gasteiger partial charge in [0.05, 0.1) is 13.1 Å². The minimum absolute atomic E-state index is 0.0874. The van der Waals surface area contributed by atoms with E-state index < -0.39 is 0 Å². The van der Waals surface area contributed by atoms with E-state index in [4.69, 9.17) is 16.6 Å². The molecule has 0 spiro atoms. The number of unbranched alkanes of at least 4 members (excludes halogenated alkanes) is 1. The number of hydrogen-bond acceptors (Lipinski definition) is 4. The molecule has 0 aliphatic carbocycles. The molecular weight excluding hydrogens is 606 g/mol. The Labute approximate surface area is 292 Å². The zero-order valence-corrected chi connectivity index (χ0v) is 29.7. The lowest BCUT2D eigenvalue weighted by Gasteiger charge is -2.26. The SMILES string of the molecule is C=C/C=C\c1c(CCCC(=N)N(Cc2cccc3ccccc23)C(=N)CNC=O)c[nH]c1C.C=Cc1[nH]cc(C)c1/C=C\C.CCCCN. The molecule has 4 rings (SSSR count). The Kier molecular flexibility index (Phi) is 18.3. The zero-order valence-electron chi connectivity index (χ0n) is 29.7. The molecule has 0 radical (unpaired) electrons. The number of amides is 1. The van der Waals surface area contributed by atoms with Gasteiger partial charge < -0.3 is 25.9 Å². The highest BCUT2D eigenvalue weighted by Gasteiger charge is 2.17. The van der Waals surface area contributed by atoms with Crippen LogP contribution in [0.25, 0.3) is 29.0 Å². The van der Waals surface area contributed by atoms with Gasteiger partial charge in [-0.3, -0.25) is 15.6 Å². The Hall–Kier alpha value is -5.21. The van der Waals surface area contributed by atoms with E-state index in [2.05, 4.69) is 66.6 Å². The van der Waals surface area contributed by atoms with Gasteiger partial charge in [0.1, 0.15) is 11.7 Å². The summed E-state index contributed by atoms with van der Waals surface area (Å²) in [5.74, 6) is 0.572. The van der Waals surface area contributed by atoms with Crippen molar-refractivity contribution < 1.29 is 4.79 Å². The highest BCUT2D eigenvalue weighted by Crippen LogP contribution is 2.22. The van der Waals surface area contributed by atoms with Gasteiger partial charge >= 0.3 is 0 Å². The fraction of sp³-hybridized carbons (Fsp3) is 0.293. The van der Waals surface area contributed by atoms with Gasteiger partial charge in [-0.2, -0.15) is 0 Å². The monoisotopic (exact) mass is 661 g/mol. The van der Waals surface area contributed by atoms with Gasteiger partial charge in [-0.15, -0.1) is 0 Å². The summed E-state index contributed by atoms with van der Waals surface area (Å²) in [6.07, 6.45) is 20.8. The molecule has 4 aromatic rings. The molecule has 0 fully saturated rings. The molecule has 8 nitrogen and oxygen atoms in total. The number of fused-ring (bicyclic) bond motifs is 1. The maximum absolute atomic E-state index is 10.8. The molecule has 0 aliphatic heterocycles. The first-order valence-corrected chi connectivity index (χ1v) is 16.9. The van der Waals surface area contributed by atoms with Crippen LogP contribution in [0.3, 0.4) is 0 Å². The number of carbonyl (C=O) groups excluding carboxylic acids is 1. The highest BCUT2D eigenvalue weighted by molar-refractivity contribution is 6.00. The van der Waals surface area contributed by atoms with Gasteiger partial charge in [0.25, 0.3) is 0 Å². The second-order valence-electron chi connectivity index (χ2n) is 11.6. The number of nitrogens with two attached hydrogens (primary N) is 1. The summed E-state index contributed by atoms with van der Waals surface area (Å²) in [5.41, 5.74) is 13.3. The lowest BCUT2D eigenvalue weighted by Crippen LogP contribution is -2.40. The second-order valence-corrected chi connectivity index (χ2v) is 11.6. The zero-order chi connectivity index (χ0) is 36.0. The van der Waals surface area contributed by atoms with Crippen molar-refractivity contribution in [1.29, 1.82) is 10.8 Å². The van der Waals surface area contributed by atoms with E-state index >= 15 is 0 Å². The average molecular weight is 662 g/mol. The van der Waals surface area contributed by atoms with E-state index in [-0.39, 0.29) is 12.4 Å². The summed E-state index contributed by atoms with van der Waals surface area (Å²) in [6.45, 7) is 17.1. The third kappa shape index (κ3) is 12.7. The predicted octanol–water partition coefficient (Wildman–Crippen LogP) is 8.95. The normalized spacial score (nSPS) is 10.6. The van der Waals surface area contributed by atoms with Crippen LogP contribution in [0.15, 0.2) is 86.2 Å². The molecule has 2 aromatic heterocycles. The molecule has 0 aliphatic rings. The van der Waals surface area contributed by atoms with Crippen molar-refractivity contribution in [2.45, 2.75) is 66.3 Å². The smallest absolute Gasteiger partial charge is 0.207 e. The molecule has 1 amide bonds.